The SMILES string of the molecule is CCCN1CCCC(CN)(NCC(C)C2CC2)CC1. The summed E-state index contributed by atoms with van der Waals surface area (Å²) in [6, 6.07) is 0. The van der Waals surface area contributed by atoms with E-state index in [9.17, 15) is 0 Å². The van der Waals surface area contributed by atoms with Crippen molar-refractivity contribution in [1.29, 1.82) is 0 Å². The Kier molecular flexibility index (Phi) is 5.67. The maximum absolute atomic E-state index is 6.12. The highest BCUT2D eigenvalue weighted by Crippen LogP contribution is 2.36. The van der Waals surface area contributed by atoms with Crippen LogP contribution in [-0.2, 0) is 0 Å². The molecular weight excluding hydrogens is 234 g/mol. The maximum atomic E-state index is 6.12. The molecule has 2 unspecified atom stereocenters. The number of nitrogens with zero attached hydrogens (tertiary/aromatic N) is 1. The number of hydrogen-bond donors (Lipinski definition) is 2. The number of nitrogens with one attached hydrogen (secondary N) is 1. The Labute approximate surface area is 119 Å². The van der Waals surface area contributed by atoms with E-state index in [1.807, 2.05) is 0 Å². The van der Waals surface area contributed by atoms with Gasteiger partial charge in [-0.15, -0.1) is 0 Å². The molecule has 0 bridgehead atoms. The second kappa shape index (κ2) is 7.05. The van der Waals surface area contributed by atoms with Crippen LogP contribution in [0.3, 0.4) is 0 Å². The molecule has 1 aliphatic carbocycles. The molecule has 1 heterocycles. The van der Waals surface area contributed by atoms with E-state index in [1.165, 1.54) is 58.2 Å². The number of hydrogen-bond acceptors (Lipinski definition) is 3. The van der Waals surface area contributed by atoms with Crippen molar-refractivity contribution >= 4 is 0 Å². The highest BCUT2D eigenvalue weighted by atomic mass is 15.1. The van der Waals surface area contributed by atoms with Crippen LogP contribution in [0.25, 0.3) is 0 Å². The fourth-order valence-electron chi connectivity index (χ4n) is 3.45. The van der Waals surface area contributed by atoms with Crippen LogP contribution in [0.1, 0.15) is 52.4 Å². The fourth-order valence-corrected chi connectivity index (χ4v) is 3.45. The van der Waals surface area contributed by atoms with Gasteiger partial charge in [-0.1, -0.05) is 13.8 Å². The van der Waals surface area contributed by atoms with Crippen molar-refractivity contribution in [2.24, 2.45) is 17.6 Å². The molecule has 1 saturated heterocycles. The van der Waals surface area contributed by atoms with Gasteiger partial charge in [0.05, 0.1) is 0 Å². The van der Waals surface area contributed by atoms with Crippen LogP contribution in [0.5, 0.6) is 0 Å². The van der Waals surface area contributed by atoms with Crippen LogP contribution < -0.4 is 11.1 Å². The minimum absolute atomic E-state index is 0.214. The number of nitrogens with two attached hydrogens (primary N) is 1. The van der Waals surface area contributed by atoms with Gasteiger partial charge in [0.1, 0.15) is 0 Å². The van der Waals surface area contributed by atoms with Crippen molar-refractivity contribution in [3.8, 4) is 0 Å². The summed E-state index contributed by atoms with van der Waals surface area (Å²) in [6.07, 6.45) is 7.93. The van der Waals surface area contributed by atoms with Crippen LogP contribution in [-0.4, -0.2) is 43.2 Å². The van der Waals surface area contributed by atoms with Gasteiger partial charge >= 0.3 is 0 Å². The fraction of sp³-hybridized carbons (Fsp3) is 1.00. The molecule has 3 nitrogen and oxygen atoms in total. The van der Waals surface area contributed by atoms with Crippen molar-refractivity contribution in [2.75, 3.05) is 32.7 Å². The average molecular weight is 267 g/mol. The lowest BCUT2D eigenvalue weighted by atomic mass is 9.89. The zero-order valence-corrected chi connectivity index (χ0v) is 13.0. The van der Waals surface area contributed by atoms with Crippen LogP contribution in [0.4, 0.5) is 0 Å². The molecule has 0 aromatic carbocycles. The standard InChI is InChI=1S/C16H33N3/c1-3-9-19-10-4-7-16(13-17,8-11-19)18-12-14(2)15-5-6-15/h14-15,18H,3-13,17H2,1-2H3. The summed E-state index contributed by atoms with van der Waals surface area (Å²) >= 11 is 0. The van der Waals surface area contributed by atoms with E-state index >= 15 is 0 Å². The molecule has 2 fully saturated rings. The topological polar surface area (TPSA) is 41.3 Å². The van der Waals surface area contributed by atoms with Gasteiger partial charge in [0.2, 0.25) is 0 Å². The smallest absolute Gasteiger partial charge is 0.0316 e. The molecule has 0 radical (unpaired) electrons. The second-order valence-corrected chi connectivity index (χ2v) is 6.88. The quantitative estimate of drug-likeness (QED) is 0.743. The lowest BCUT2D eigenvalue weighted by Gasteiger charge is -2.34. The molecule has 0 amide bonds. The third-order valence-corrected chi connectivity index (χ3v) is 5.19. The van der Waals surface area contributed by atoms with Crippen LogP contribution in [0.2, 0.25) is 0 Å². The number of likely N-dealkylation sites (tertiary alicyclic amines) is 1. The Bertz CT molecular complexity index is 265. The van der Waals surface area contributed by atoms with Crippen molar-refractivity contribution < 1.29 is 0 Å². The second-order valence-electron chi connectivity index (χ2n) is 6.88. The Morgan fingerprint density at radius 2 is 2.11 bits per heavy atom. The highest BCUT2D eigenvalue weighted by molar-refractivity contribution is 4.93. The zero-order valence-electron chi connectivity index (χ0n) is 13.0. The van der Waals surface area contributed by atoms with Gasteiger partial charge in [0.15, 0.2) is 0 Å². The van der Waals surface area contributed by atoms with Gasteiger partial charge in [-0.25, -0.2) is 0 Å². The van der Waals surface area contributed by atoms with Crippen molar-refractivity contribution in [3.63, 3.8) is 0 Å². The average Bonchev–Trinajstić information content (AvgIpc) is 3.25. The predicted octanol–water partition coefficient (Wildman–Crippen LogP) is 2.22. The molecule has 3 heteroatoms. The predicted molar refractivity (Wildman–Crippen MR) is 82.3 cm³/mol. The van der Waals surface area contributed by atoms with Crippen LogP contribution >= 0.6 is 0 Å². The van der Waals surface area contributed by atoms with Crippen LogP contribution in [0, 0.1) is 11.8 Å². The molecule has 3 N–H and O–H groups in total. The third kappa shape index (κ3) is 4.44. The Morgan fingerprint density at radius 1 is 1.32 bits per heavy atom. The first-order chi connectivity index (χ1) is 9.19. The molecule has 0 spiro atoms. The molecule has 1 aliphatic heterocycles. The molecule has 2 rings (SSSR count). The van der Waals surface area contributed by atoms with Gasteiger partial charge in [0.25, 0.3) is 0 Å². The first-order valence-electron chi connectivity index (χ1n) is 8.36. The Balaban J connectivity index is 1.82. The number of rotatable bonds is 7. The van der Waals surface area contributed by atoms with Gasteiger partial charge in [0, 0.05) is 12.1 Å². The zero-order chi connectivity index (χ0) is 13.7. The van der Waals surface area contributed by atoms with E-state index in [-0.39, 0.29) is 5.54 Å². The Hall–Kier alpha value is -0.120. The van der Waals surface area contributed by atoms with E-state index in [0.717, 1.165) is 24.9 Å². The van der Waals surface area contributed by atoms with E-state index in [1.54, 1.807) is 0 Å². The summed E-state index contributed by atoms with van der Waals surface area (Å²) in [7, 11) is 0. The molecule has 0 aromatic rings. The van der Waals surface area contributed by atoms with Gasteiger partial charge < -0.3 is 16.0 Å². The summed E-state index contributed by atoms with van der Waals surface area (Å²) in [4.78, 5) is 2.61. The summed E-state index contributed by atoms with van der Waals surface area (Å²) < 4.78 is 0. The summed E-state index contributed by atoms with van der Waals surface area (Å²) in [5.74, 6) is 1.82. The van der Waals surface area contributed by atoms with Gasteiger partial charge in [-0.2, -0.15) is 0 Å². The Morgan fingerprint density at radius 3 is 2.74 bits per heavy atom. The normalized spacial score (nSPS) is 31.1. The molecule has 0 aromatic heterocycles. The largest absolute Gasteiger partial charge is 0.329 e. The molecule has 19 heavy (non-hydrogen) atoms. The lowest BCUT2D eigenvalue weighted by Crippen LogP contribution is -2.53. The van der Waals surface area contributed by atoms with E-state index in [0.29, 0.717) is 0 Å². The molecule has 2 atom stereocenters. The third-order valence-electron chi connectivity index (χ3n) is 5.19. The molecule has 112 valence electrons. The van der Waals surface area contributed by atoms with E-state index in [2.05, 4.69) is 24.1 Å². The summed E-state index contributed by atoms with van der Waals surface area (Å²) in [6.45, 7) is 10.4. The highest BCUT2D eigenvalue weighted by Gasteiger charge is 2.33. The molecular formula is C16H33N3. The van der Waals surface area contributed by atoms with Crippen molar-refractivity contribution in [2.45, 2.75) is 57.9 Å². The monoisotopic (exact) mass is 267 g/mol. The molecule has 1 saturated carbocycles. The first-order valence-corrected chi connectivity index (χ1v) is 8.36. The van der Waals surface area contributed by atoms with E-state index < -0.39 is 0 Å². The summed E-state index contributed by atoms with van der Waals surface area (Å²) in [5, 5.41) is 3.86. The maximum Gasteiger partial charge on any atom is 0.0316 e. The van der Waals surface area contributed by atoms with Gasteiger partial charge in [-0.3, -0.25) is 0 Å². The van der Waals surface area contributed by atoms with Crippen LogP contribution in [0.15, 0.2) is 0 Å². The van der Waals surface area contributed by atoms with Crippen molar-refractivity contribution in [1.82, 2.24) is 10.2 Å². The molecule has 2 aliphatic rings. The minimum Gasteiger partial charge on any atom is -0.329 e. The van der Waals surface area contributed by atoms with Gasteiger partial charge in [-0.05, 0) is 76.5 Å². The summed E-state index contributed by atoms with van der Waals surface area (Å²) in [5.41, 5.74) is 6.34. The first kappa shape index (κ1) is 15.3. The lowest BCUT2D eigenvalue weighted by molar-refractivity contribution is 0.248. The van der Waals surface area contributed by atoms with Crippen molar-refractivity contribution in [3.05, 3.63) is 0 Å². The van der Waals surface area contributed by atoms with E-state index in [4.69, 9.17) is 5.73 Å². The minimum atomic E-state index is 0.214.